The summed E-state index contributed by atoms with van der Waals surface area (Å²) in [5.41, 5.74) is 1.28. The molecule has 13 heavy (non-hydrogen) atoms. The van der Waals surface area contributed by atoms with Crippen LogP contribution < -0.4 is 0 Å². The lowest BCUT2D eigenvalue weighted by atomic mass is 10.1. The van der Waals surface area contributed by atoms with E-state index in [2.05, 4.69) is 36.8 Å². The lowest BCUT2D eigenvalue weighted by Gasteiger charge is -2.08. The summed E-state index contributed by atoms with van der Waals surface area (Å²) in [5.74, 6) is 0. The third kappa shape index (κ3) is 2.47. The van der Waals surface area contributed by atoms with Gasteiger partial charge in [0.05, 0.1) is 11.3 Å². The van der Waals surface area contributed by atoms with Crippen LogP contribution >= 0.6 is 31.9 Å². The Kier molecular flexibility index (Phi) is 3.79. The van der Waals surface area contributed by atoms with Crippen molar-refractivity contribution in [3.63, 3.8) is 0 Å². The highest BCUT2D eigenvalue weighted by molar-refractivity contribution is 9.10. The minimum absolute atomic E-state index is 0.0234. The number of aromatic nitrogens is 1. The van der Waals surface area contributed by atoms with Crippen LogP contribution in [0.3, 0.4) is 0 Å². The van der Waals surface area contributed by atoms with Gasteiger partial charge in [0.15, 0.2) is 0 Å². The molecule has 1 aromatic rings. The summed E-state index contributed by atoms with van der Waals surface area (Å²) in [6, 6.07) is 1.65. The molecule has 0 radical (unpaired) electrons. The zero-order valence-electron chi connectivity index (χ0n) is 6.82. The van der Waals surface area contributed by atoms with Gasteiger partial charge in [-0.05, 0) is 34.5 Å². The van der Waals surface area contributed by atoms with Crippen molar-refractivity contribution < 1.29 is 8.78 Å². The first-order valence-corrected chi connectivity index (χ1v) is 5.47. The molecule has 0 fully saturated rings. The number of pyridine rings is 1. The van der Waals surface area contributed by atoms with Crippen LogP contribution in [0.25, 0.3) is 0 Å². The first kappa shape index (κ1) is 11.0. The molecular formula is C8H7Br2F2N. The highest BCUT2D eigenvalue weighted by Crippen LogP contribution is 2.29. The van der Waals surface area contributed by atoms with Crippen LogP contribution in [0.4, 0.5) is 8.78 Å². The van der Waals surface area contributed by atoms with E-state index in [1.54, 1.807) is 13.0 Å². The fourth-order valence-electron chi connectivity index (χ4n) is 1.04. The summed E-state index contributed by atoms with van der Waals surface area (Å²) in [7, 11) is 0. The van der Waals surface area contributed by atoms with E-state index in [-0.39, 0.29) is 10.2 Å². The number of halogens is 4. The second kappa shape index (κ2) is 4.46. The second-order valence-electron chi connectivity index (χ2n) is 2.57. The van der Waals surface area contributed by atoms with E-state index in [9.17, 15) is 8.78 Å². The normalized spacial score (nSPS) is 10.9. The molecule has 0 aromatic carbocycles. The van der Waals surface area contributed by atoms with Gasteiger partial charge in [-0.1, -0.05) is 15.9 Å². The van der Waals surface area contributed by atoms with Gasteiger partial charge in [-0.25, -0.2) is 13.8 Å². The van der Waals surface area contributed by atoms with E-state index in [1.165, 1.54) is 0 Å². The number of rotatable bonds is 2. The Morgan fingerprint density at radius 2 is 2.15 bits per heavy atom. The molecule has 0 unspecified atom stereocenters. The van der Waals surface area contributed by atoms with Gasteiger partial charge < -0.3 is 0 Å². The van der Waals surface area contributed by atoms with Crippen LogP contribution in [-0.2, 0) is 5.33 Å². The molecule has 1 rings (SSSR count). The van der Waals surface area contributed by atoms with Crippen molar-refractivity contribution in [3.8, 4) is 0 Å². The van der Waals surface area contributed by atoms with Gasteiger partial charge in [-0.2, -0.15) is 0 Å². The van der Waals surface area contributed by atoms with Gasteiger partial charge in [0.1, 0.15) is 4.60 Å². The summed E-state index contributed by atoms with van der Waals surface area (Å²) in [6.07, 6.45) is -2.48. The van der Waals surface area contributed by atoms with Gasteiger partial charge in [-0.15, -0.1) is 0 Å². The fourth-order valence-corrected chi connectivity index (χ4v) is 2.04. The molecule has 0 atom stereocenters. The average molecular weight is 315 g/mol. The number of hydrogen-bond acceptors (Lipinski definition) is 1. The molecule has 0 aliphatic carbocycles. The molecule has 0 N–H and O–H groups in total. The largest absolute Gasteiger partial charge is 0.266 e. The summed E-state index contributed by atoms with van der Waals surface area (Å²) in [6.45, 7) is 1.65. The summed E-state index contributed by atoms with van der Waals surface area (Å²) >= 11 is 6.24. The van der Waals surface area contributed by atoms with Crippen molar-refractivity contribution in [1.29, 1.82) is 0 Å². The van der Waals surface area contributed by atoms with Crippen LogP contribution in [0.15, 0.2) is 10.7 Å². The summed E-state index contributed by atoms with van der Waals surface area (Å²) in [4.78, 5) is 3.96. The monoisotopic (exact) mass is 313 g/mol. The second-order valence-corrected chi connectivity index (χ2v) is 3.88. The van der Waals surface area contributed by atoms with Gasteiger partial charge in [0.2, 0.25) is 0 Å². The van der Waals surface area contributed by atoms with Crippen LogP contribution in [-0.4, -0.2) is 4.98 Å². The van der Waals surface area contributed by atoms with Crippen molar-refractivity contribution in [1.82, 2.24) is 4.98 Å². The molecule has 0 spiro atoms. The first-order chi connectivity index (χ1) is 6.06. The van der Waals surface area contributed by atoms with Crippen LogP contribution in [0.5, 0.6) is 0 Å². The molecule has 0 bridgehead atoms. The van der Waals surface area contributed by atoms with Crippen molar-refractivity contribution in [2.45, 2.75) is 18.7 Å². The standard InChI is InChI=1S/C8H7Br2F2N/c1-4-2-5(3-9)13-7(10)6(4)8(11)12/h2,8H,3H2,1H3. The van der Waals surface area contributed by atoms with Crippen molar-refractivity contribution >= 4 is 31.9 Å². The minimum atomic E-state index is -2.48. The van der Waals surface area contributed by atoms with Crippen LogP contribution in [0.2, 0.25) is 0 Å². The van der Waals surface area contributed by atoms with Gasteiger partial charge in [0, 0.05) is 5.33 Å². The SMILES string of the molecule is Cc1cc(CBr)nc(Br)c1C(F)F. The molecule has 0 aliphatic rings. The van der Waals surface area contributed by atoms with E-state index in [1.807, 2.05) is 0 Å². The molecule has 0 saturated heterocycles. The van der Waals surface area contributed by atoms with E-state index in [0.29, 0.717) is 10.9 Å². The fraction of sp³-hybridized carbons (Fsp3) is 0.375. The number of nitrogens with zero attached hydrogens (tertiary/aromatic N) is 1. The van der Waals surface area contributed by atoms with Crippen LogP contribution in [0, 0.1) is 6.92 Å². The van der Waals surface area contributed by atoms with Gasteiger partial charge >= 0.3 is 0 Å². The minimum Gasteiger partial charge on any atom is -0.245 e. The smallest absolute Gasteiger partial charge is 0.245 e. The Balaban J connectivity index is 3.23. The Morgan fingerprint density at radius 3 is 2.54 bits per heavy atom. The van der Waals surface area contributed by atoms with Crippen LogP contribution in [0.1, 0.15) is 23.2 Å². The molecule has 1 heterocycles. The summed E-state index contributed by atoms with van der Waals surface area (Å²) < 4.78 is 25.1. The average Bonchev–Trinajstić information content (AvgIpc) is 2.02. The molecule has 0 aliphatic heterocycles. The highest BCUT2D eigenvalue weighted by atomic mass is 79.9. The Bertz CT molecular complexity index is 292. The Morgan fingerprint density at radius 1 is 1.54 bits per heavy atom. The predicted octanol–water partition coefficient (Wildman–Crippen LogP) is 3.99. The molecule has 0 amide bonds. The Hall–Kier alpha value is -0.0300. The zero-order chi connectivity index (χ0) is 10.0. The molecule has 1 nitrogen and oxygen atoms in total. The van der Waals surface area contributed by atoms with E-state index in [4.69, 9.17) is 0 Å². The van der Waals surface area contributed by atoms with Crippen molar-refractivity contribution in [2.75, 3.05) is 0 Å². The maximum Gasteiger partial charge on any atom is 0.266 e. The zero-order valence-corrected chi connectivity index (χ0v) is 9.99. The maximum atomic E-state index is 12.4. The predicted molar refractivity (Wildman–Crippen MR) is 54.3 cm³/mol. The van der Waals surface area contributed by atoms with E-state index in [0.717, 1.165) is 5.69 Å². The third-order valence-corrected chi connectivity index (χ3v) is 2.81. The Labute approximate surface area is 91.8 Å². The summed E-state index contributed by atoms with van der Waals surface area (Å²) in [5, 5.41) is 0.565. The number of aryl methyl sites for hydroxylation is 1. The molecule has 1 aromatic heterocycles. The third-order valence-electron chi connectivity index (χ3n) is 1.63. The van der Waals surface area contributed by atoms with Gasteiger partial charge in [-0.3, -0.25) is 0 Å². The van der Waals surface area contributed by atoms with E-state index < -0.39 is 6.43 Å². The molecule has 5 heteroatoms. The van der Waals surface area contributed by atoms with E-state index >= 15 is 0 Å². The highest BCUT2D eigenvalue weighted by Gasteiger charge is 2.16. The molecule has 0 saturated carbocycles. The maximum absolute atomic E-state index is 12.4. The number of hydrogen-bond donors (Lipinski definition) is 0. The van der Waals surface area contributed by atoms with Crippen molar-refractivity contribution in [3.05, 3.63) is 27.5 Å². The lowest BCUT2D eigenvalue weighted by molar-refractivity contribution is 0.149. The molecule has 72 valence electrons. The van der Waals surface area contributed by atoms with Crippen molar-refractivity contribution in [2.24, 2.45) is 0 Å². The quantitative estimate of drug-likeness (QED) is 0.594. The lowest BCUT2D eigenvalue weighted by Crippen LogP contribution is -1.97. The van der Waals surface area contributed by atoms with Gasteiger partial charge in [0.25, 0.3) is 6.43 Å². The number of alkyl halides is 3. The topological polar surface area (TPSA) is 12.9 Å². The molecular weight excluding hydrogens is 308 g/mol. The first-order valence-electron chi connectivity index (χ1n) is 3.56.